The van der Waals surface area contributed by atoms with Gasteiger partial charge in [-0.05, 0) is 61.6 Å². The van der Waals surface area contributed by atoms with Gasteiger partial charge in [0.15, 0.2) is 5.76 Å². The van der Waals surface area contributed by atoms with Crippen LogP contribution >= 0.6 is 27.3 Å². The van der Waals surface area contributed by atoms with Crippen molar-refractivity contribution in [2.75, 3.05) is 20.6 Å². The van der Waals surface area contributed by atoms with Crippen molar-refractivity contribution in [3.05, 3.63) is 56.4 Å². The summed E-state index contributed by atoms with van der Waals surface area (Å²) in [4.78, 5) is 14.7. The van der Waals surface area contributed by atoms with Gasteiger partial charge in [0.1, 0.15) is 5.58 Å². The molecule has 0 spiro atoms. The molecule has 0 aliphatic carbocycles. The number of carbonyl (C=O) groups is 1. The lowest BCUT2D eigenvalue weighted by molar-refractivity contribution is 0.0915. The molecule has 3 aromatic rings. The van der Waals surface area contributed by atoms with Crippen LogP contribution in [0, 0.1) is 6.92 Å². The number of likely N-dealkylation sites (N-methyl/N-ethyl adjacent to an activating group) is 1. The quantitative estimate of drug-likeness (QED) is 0.673. The highest BCUT2D eigenvalue weighted by atomic mass is 79.9. The van der Waals surface area contributed by atoms with E-state index >= 15 is 0 Å². The summed E-state index contributed by atoms with van der Waals surface area (Å²) < 4.78 is 6.72. The highest BCUT2D eigenvalue weighted by Gasteiger charge is 2.20. The molecule has 0 aliphatic heterocycles. The van der Waals surface area contributed by atoms with Gasteiger partial charge in [-0.3, -0.25) is 4.79 Å². The van der Waals surface area contributed by atoms with Crippen molar-refractivity contribution in [3.63, 3.8) is 0 Å². The lowest BCUT2D eigenvalue weighted by Crippen LogP contribution is -2.34. The van der Waals surface area contributed by atoms with Crippen molar-refractivity contribution in [1.82, 2.24) is 10.2 Å². The zero-order valence-electron chi connectivity index (χ0n) is 13.8. The first kappa shape index (κ1) is 17.2. The number of aryl methyl sites for hydroxylation is 1. The summed E-state index contributed by atoms with van der Waals surface area (Å²) >= 11 is 5.11. The maximum Gasteiger partial charge on any atom is 0.287 e. The number of rotatable bonds is 5. The Kier molecular flexibility index (Phi) is 5.08. The number of thiophene rings is 1. The van der Waals surface area contributed by atoms with E-state index in [1.54, 1.807) is 11.3 Å². The molecule has 0 bridgehead atoms. The Morgan fingerprint density at radius 2 is 2.17 bits per heavy atom. The van der Waals surface area contributed by atoms with Crippen LogP contribution in [0.2, 0.25) is 0 Å². The van der Waals surface area contributed by atoms with Gasteiger partial charge in [0.05, 0.1) is 6.04 Å². The summed E-state index contributed by atoms with van der Waals surface area (Å²) in [6, 6.07) is 7.98. The molecule has 4 nitrogen and oxygen atoms in total. The van der Waals surface area contributed by atoms with Gasteiger partial charge in [-0.2, -0.15) is 11.3 Å². The predicted molar refractivity (Wildman–Crippen MR) is 102 cm³/mol. The zero-order valence-corrected chi connectivity index (χ0v) is 16.2. The first-order chi connectivity index (χ1) is 11.5. The SMILES string of the molecule is Cc1c(C(=O)NCC(c2ccsc2)N(C)C)oc2ccc(Br)cc12. The zero-order chi connectivity index (χ0) is 17.3. The molecular formula is C18H19BrN2O2S. The van der Waals surface area contributed by atoms with Crippen LogP contribution in [0.15, 0.2) is 43.9 Å². The molecule has 2 aromatic heterocycles. The van der Waals surface area contributed by atoms with Gasteiger partial charge < -0.3 is 14.6 Å². The molecule has 126 valence electrons. The first-order valence-electron chi connectivity index (χ1n) is 7.62. The Morgan fingerprint density at radius 1 is 1.38 bits per heavy atom. The smallest absolute Gasteiger partial charge is 0.287 e. The standard InChI is InChI=1S/C18H19BrN2O2S/c1-11-14-8-13(19)4-5-16(14)23-17(11)18(22)20-9-15(21(2)3)12-6-7-24-10-12/h4-8,10,15H,9H2,1-3H3,(H,20,22). The van der Waals surface area contributed by atoms with Crippen molar-refractivity contribution in [3.8, 4) is 0 Å². The van der Waals surface area contributed by atoms with Crippen molar-refractivity contribution in [2.24, 2.45) is 0 Å². The third-order valence-electron chi connectivity index (χ3n) is 4.11. The number of nitrogens with one attached hydrogen (secondary N) is 1. The molecular weight excluding hydrogens is 388 g/mol. The van der Waals surface area contributed by atoms with E-state index in [4.69, 9.17) is 4.42 Å². The summed E-state index contributed by atoms with van der Waals surface area (Å²) in [5, 5.41) is 8.12. The molecule has 1 unspecified atom stereocenters. The molecule has 6 heteroatoms. The Hall–Kier alpha value is -1.63. The number of halogens is 1. The Labute approximate surface area is 153 Å². The number of benzene rings is 1. The number of carbonyl (C=O) groups excluding carboxylic acids is 1. The largest absolute Gasteiger partial charge is 0.451 e. The first-order valence-corrected chi connectivity index (χ1v) is 9.36. The molecule has 24 heavy (non-hydrogen) atoms. The maximum atomic E-state index is 12.6. The average Bonchev–Trinajstić information content (AvgIpc) is 3.16. The molecule has 1 atom stereocenters. The molecule has 1 N–H and O–H groups in total. The lowest BCUT2D eigenvalue weighted by atomic mass is 10.1. The van der Waals surface area contributed by atoms with E-state index in [9.17, 15) is 4.79 Å². The molecule has 1 amide bonds. The minimum Gasteiger partial charge on any atom is -0.451 e. The second-order valence-corrected chi connectivity index (χ2v) is 7.64. The van der Waals surface area contributed by atoms with E-state index in [2.05, 4.69) is 43.0 Å². The van der Waals surface area contributed by atoms with Crippen LogP contribution in [-0.4, -0.2) is 31.4 Å². The molecule has 0 aliphatic rings. The van der Waals surface area contributed by atoms with Gasteiger partial charge in [0, 0.05) is 22.0 Å². The van der Waals surface area contributed by atoms with E-state index in [1.165, 1.54) is 5.56 Å². The van der Waals surface area contributed by atoms with Crippen LogP contribution in [-0.2, 0) is 0 Å². The number of amides is 1. The Morgan fingerprint density at radius 3 is 2.83 bits per heavy atom. The summed E-state index contributed by atoms with van der Waals surface area (Å²) in [7, 11) is 4.02. The monoisotopic (exact) mass is 406 g/mol. The van der Waals surface area contributed by atoms with Crippen LogP contribution in [0.5, 0.6) is 0 Å². The predicted octanol–water partition coefficient (Wildman–Crippen LogP) is 4.60. The fourth-order valence-corrected chi connectivity index (χ4v) is 3.81. The van der Waals surface area contributed by atoms with E-state index in [0.29, 0.717) is 12.3 Å². The van der Waals surface area contributed by atoms with Crippen molar-refractivity contribution >= 4 is 44.1 Å². The van der Waals surface area contributed by atoms with Gasteiger partial charge in [0.2, 0.25) is 0 Å². The average molecular weight is 407 g/mol. The normalized spacial score (nSPS) is 12.7. The molecule has 2 heterocycles. The highest BCUT2D eigenvalue weighted by Crippen LogP contribution is 2.28. The van der Waals surface area contributed by atoms with E-state index < -0.39 is 0 Å². The van der Waals surface area contributed by atoms with Crippen LogP contribution in [0.1, 0.15) is 27.7 Å². The molecule has 1 aromatic carbocycles. The van der Waals surface area contributed by atoms with Crippen LogP contribution in [0.4, 0.5) is 0 Å². The third kappa shape index (κ3) is 3.41. The van der Waals surface area contributed by atoms with Gasteiger partial charge in [-0.15, -0.1) is 0 Å². The van der Waals surface area contributed by atoms with Crippen LogP contribution in [0.25, 0.3) is 11.0 Å². The van der Waals surface area contributed by atoms with E-state index in [1.807, 2.05) is 39.2 Å². The summed E-state index contributed by atoms with van der Waals surface area (Å²) in [6.07, 6.45) is 0. The topological polar surface area (TPSA) is 45.5 Å². The van der Waals surface area contributed by atoms with Crippen molar-refractivity contribution in [2.45, 2.75) is 13.0 Å². The lowest BCUT2D eigenvalue weighted by Gasteiger charge is -2.23. The van der Waals surface area contributed by atoms with Gasteiger partial charge >= 0.3 is 0 Å². The summed E-state index contributed by atoms with van der Waals surface area (Å²) in [5.41, 5.74) is 2.79. The van der Waals surface area contributed by atoms with E-state index in [-0.39, 0.29) is 11.9 Å². The number of nitrogens with zero attached hydrogens (tertiary/aromatic N) is 1. The van der Waals surface area contributed by atoms with Gasteiger partial charge in [-0.25, -0.2) is 0 Å². The molecule has 0 fully saturated rings. The molecule has 0 saturated carbocycles. The van der Waals surface area contributed by atoms with Gasteiger partial charge in [0.25, 0.3) is 5.91 Å². The maximum absolute atomic E-state index is 12.6. The second kappa shape index (κ2) is 7.09. The Bertz CT molecular complexity index is 855. The minimum atomic E-state index is -0.179. The molecule has 0 radical (unpaired) electrons. The van der Waals surface area contributed by atoms with Crippen LogP contribution < -0.4 is 5.32 Å². The minimum absolute atomic E-state index is 0.138. The third-order valence-corrected chi connectivity index (χ3v) is 5.31. The highest BCUT2D eigenvalue weighted by molar-refractivity contribution is 9.10. The van der Waals surface area contributed by atoms with E-state index in [0.717, 1.165) is 21.0 Å². The fourth-order valence-electron chi connectivity index (χ4n) is 2.74. The van der Waals surface area contributed by atoms with Crippen molar-refractivity contribution < 1.29 is 9.21 Å². The van der Waals surface area contributed by atoms with Gasteiger partial charge in [-0.1, -0.05) is 15.9 Å². The molecule has 0 saturated heterocycles. The number of hydrogen-bond donors (Lipinski definition) is 1. The van der Waals surface area contributed by atoms with Crippen LogP contribution in [0.3, 0.4) is 0 Å². The fraction of sp³-hybridized carbons (Fsp3) is 0.278. The Balaban J connectivity index is 1.79. The number of hydrogen-bond acceptors (Lipinski definition) is 4. The number of furan rings is 1. The summed E-state index contributed by atoms with van der Waals surface area (Å²) in [5.74, 6) is 0.202. The number of fused-ring (bicyclic) bond motifs is 1. The van der Waals surface area contributed by atoms with Crippen molar-refractivity contribution in [1.29, 1.82) is 0 Å². The molecule has 3 rings (SSSR count). The second-order valence-electron chi connectivity index (χ2n) is 5.94. The summed E-state index contributed by atoms with van der Waals surface area (Å²) in [6.45, 7) is 2.44.